The van der Waals surface area contributed by atoms with Crippen molar-refractivity contribution in [3.63, 3.8) is 0 Å². The summed E-state index contributed by atoms with van der Waals surface area (Å²) >= 11 is 0. The van der Waals surface area contributed by atoms with Crippen LogP contribution in [-0.2, 0) is 5.54 Å². The van der Waals surface area contributed by atoms with E-state index in [-0.39, 0.29) is 5.54 Å². The highest BCUT2D eigenvalue weighted by Gasteiger charge is 2.32. The van der Waals surface area contributed by atoms with Crippen molar-refractivity contribution in [1.29, 1.82) is 0 Å². The maximum Gasteiger partial charge on any atom is 0.0437 e. The van der Waals surface area contributed by atoms with Crippen LogP contribution in [0.5, 0.6) is 0 Å². The second-order valence-corrected chi connectivity index (χ2v) is 7.74. The molecule has 0 bridgehead atoms. The Morgan fingerprint density at radius 2 is 1.18 bits per heavy atom. The lowest BCUT2D eigenvalue weighted by Gasteiger charge is -2.39. The summed E-state index contributed by atoms with van der Waals surface area (Å²) in [5, 5.41) is 3.95. The molecule has 0 aromatic heterocycles. The minimum atomic E-state index is 0.106. The summed E-state index contributed by atoms with van der Waals surface area (Å²) < 4.78 is 0. The third kappa shape index (κ3) is 4.26. The van der Waals surface area contributed by atoms with Crippen molar-refractivity contribution >= 4 is 5.57 Å². The maximum atomic E-state index is 3.95. The molecule has 3 aromatic carbocycles. The molecule has 1 N–H and O–H groups in total. The molecule has 0 amide bonds. The fraction of sp³-hybridized carbons (Fsp3) is 0.259. The van der Waals surface area contributed by atoms with Crippen LogP contribution in [-0.4, -0.2) is 6.54 Å². The van der Waals surface area contributed by atoms with Gasteiger partial charge in [-0.2, -0.15) is 0 Å². The summed E-state index contributed by atoms with van der Waals surface area (Å²) in [6.07, 6.45) is 8.76. The molecule has 0 atom stereocenters. The van der Waals surface area contributed by atoms with Gasteiger partial charge in [0.1, 0.15) is 0 Å². The van der Waals surface area contributed by atoms with Gasteiger partial charge in [-0.05, 0) is 35.1 Å². The van der Waals surface area contributed by atoms with Crippen molar-refractivity contribution in [3.05, 3.63) is 114 Å². The van der Waals surface area contributed by atoms with E-state index in [1.165, 1.54) is 54.4 Å². The standard InChI is InChI=1S/C27H29N/c1-5-13-23(14-6-1)26(24-15-7-2-8-16-24)19-22-28-27(20-11-4-12-21-27)25-17-9-3-10-18-25/h1-3,5-10,13-19,28H,4,11-12,20-22H2. The lowest BCUT2D eigenvalue weighted by atomic mass is 9.76. The van der Waals surface area contributed by atoms with Gasteiger partial charge in [0.25, 0.3) is 0 Å². The molecule has 3 aromatic rings. The highest BCUT2D eigenvalue weighted by molar-refractivity contribution is 5.79. The molecule has 0 saturated heterocycles. The van der Waals surface area contributed by atoms with Crippen molar-refractivity contribution in [2.75, 3.05) is 6.54 Å². The van der Waals surface area contributed by atoms with Crippen molar-refractivity contribution in [2.24, 2.45) is 0 Å². The summed E-state index contributed by atoms with van der Waals surface area (Å²) in [6.45, 7) is 0.869. The van der Waals surface area contributed by atoms with Crippen LogP contribution in [0.2, 0.25) is 0 Å². The largest absolute Gasteiger partial charge is 0.304 e. The second-order valence-electron chi connectivity index (χ2n) is 7.74. The summed E-state index contributed by atoms with van der Waals surface area (Å²) in [6, 6.07) is 32.5. The molecule has 1 nitrogen and oxygen atoms in total. The van der Waals surface area contributed by atoms with E-state index in [2.05, 4.69) is 102 Å². The highest BCUT2D eigenvalue weighted by atomic mass is 15.0. The van der Waals surface area contributed by atoms with E-state index in [4.69, 9.17) is 0 Å². The smallest absolute Gasteiger partial charge is 0.0437 e. The lowest BCUT2D eigenvalue weighted by Crippen LogP contribution is -2.44. The molecule has 0 radical (unpaired) electrons. The zero-order valence-electron chi connectivity index (χ0n) is 16.5. The molecule has 0 heterocycles. The molecule has 1 aliphatic rings. The second kappa shape index (κ2) is 9.03. The van der Waals surface area contributed by atoms with Gasteiger partial charge in [-0.25, -0.2) is 0 Å². The van der Waals surface area contributed by atoms with Crippen molar-refractivity contribution in [2.45, 2.75) is 37.6 Å². The zero-order valence-corrected chi connectivity index (χ0v) is 16.5. The Hall–Kier alpha value is -2.64. The van der Waals surface area contributed by atoms with Gasteiger partial charge in [-0.3, -0.25) is 0 Å². The number of benzene rings is 3. The first kappa shape index (κ1) is 18.7. The Bertz CT molecular complexity index is 834. The first-order valence-corrected chi connectivity index (χ1v) is 10.5. The summed E-state index contributed by atoms with van der Waals surface area (Å²) in [5.41, 5.74) is 5.38. The third-order valence-electron chi connectivity index (χ3n) is 5.95. The normalized spacial score (nSPS) is 15.7. The Morgan fingerprint density at radius 3 is 1.71 bits per heavy atom. The van der Waals surface area contributed by atoms with Crippen LogP contribution in [0.3, 0.4) is 0 Å². The molecule has 1 fully saturated rings. The van der Waals surface area contributed by atoms with Crippen LogP contribution in [0.15, 0.2) is 97.1 Å². The number of rotatable bonds is 6. The number of hydrogen-bond donors (Lipinski definition) is 1. The van der Waals surface area contributed by atoms with E-state index < -0.39 is 0 Å². The van der Waals surface area contributed by atoms with Crippen LogP contribution in [0.1, 0.15) is 48.8 Å². The Labute approximate surface area is 169 Å². The van der Waals surface area contributed by atoms with Crippen LogP contribution >= 0.6 is 0 Å². The monoisotopic (exact) mass is 367 g/mol. The van der Waals surface area contributed by atoms with Gasteiger partial charge in [0.15, 0.2) is 0 Å². The molecule has 1 aliphatic carbocycles. The average Bonchev–Trinajstić information content (AvgIpc) is 2.79. The molecular formula is C27H29N. The SMILES string of the molecule is C(CNC1(c2ccccc2)CCCCC1)=C(c1ccccc1)c1ccccc1. The number of nitrogens with one attached hydrogen (secondary N) is 1. The Morgan fingerprint density at radius 1 is 0.679 bits per heavy atom. The van der Waals surface area contributed by atoms with E-state index in [0.717, 1.165) is 6.54 Å². The van der Waals surface area contributed by atoms with E-state index in [9.17, 15) is 0 Å². The van der Waals surface area contributed by atoms with Crippen LogP contribution < -0.4 is 5.32 Å². The Balaban J connectivity index is 1.61. The predicted octanol–water partition coefficient (Wildman–Crippen LogP) is 6.57. The van der Waals surface area contributed by atoms with Crippen molar-refractivity contribution in [1.82, 2.24) is 5.32 Å². The summed E-state index contributed by atoms with van der Waals surface area (Å²) in [7, 11) is 0. The van der Waals surface area contributed by atoms with Crippen LogP contribution in [0, 0.1) is 0 Å². The predicted molar refractivity (Wildman–Crippen MR) is 119 cm³/mol. The third-order valence-corrected chi connectivity index (χ3v) is 5.95. The summed E-state index contributed by atoms with van der Waals surface area (Å²) in [5.74, 6) is 0. The van der Waals surface area contributed by atoms with E-state index in [1.54, 1.807) is 0 Å². The van der Waals surface area contributed by atoms with Gasteiger partial charge in [0.05, 0.1) is 0 Å². The highest BCUT2D eigenvalue weighted by Crippen LogP contribution is 2.37. The molecule has 28 heavy (non-hydrogen) atoms. The molecule has 0 spiro atoms. The van der Waals surface area contributed by atoms with Gasteiger partial charge in [-0.15, -0.1) is 0 Å². The van der Waals surface area contributed by atoms with Crippen molar-refractivity contribution < 1.29 is 0 Å². The minimum Gasteiger partial charge on any atom is -0.304 e. The zero-order chi connectivity index (χ0) is 19.1. The van der Waals surface area contributed by atoms with E-state index >= 15 is 0 Å². The van der Waals surface area contributed by atoms with Crippen LogP contribution in [0.4, 0.5) is 0 Å². The van der Waals surface area contributed by atoms with E-state index in [0.29, 0.717) is 0 Å². The molecule has 0 aliphatic heterocycles. The Kier molecular flexibility index (Phi) is 6.04. The number of hydrogen-bond acceptors (Lipinski definition) is 1. The molecule has 1 saturated carbocycles. The molecular weight excluding hydrogens is 338 g/mol. The van der Waals surface area contributed by atoms with Gasteiger partial charge >= 0.3 is 0 Å². The van der Waals surface area contributed by atoms with E-state index in [1.807, 2.05) is 0 Å². The first-order chi connectivity index (χ1) is 13.9. The van der Waals surface area contributed by atoms with Gasteiger partial charge in [-0.1, -0.05) is 116 Å². The van der Waals surface area contributed by atoms with Gasteiger partial charge in [0.2, 0.25) is 0 Å². The molecule has 4 rings (SSSR count). The van der Waals surface area contributed by atoms with Crippen molar-refractivity contribution in [3.8, 4) is 0 Å². The fourth-order valence-corrected chi connectivity index (χ4v) is 4.47. The fourth-order valence-electron chi connectivity index (χ4n) is 4.47. The minimum absolute atomic E-state index is 0.106. The topological polar surface area (TPSA) is 12.0 Å². The maximum absolute atomic E-state index is 3.95. The molecule has 142 valence electrons. The van der Waals surface area contributed by atoms with Gasteiger partial charge < -0.3 is 5.32 Å². The molecule has 0 unspecified atom stereocenters. The average molecular weight is 368 g/mol. The molecule has 1 heteroatoms. The van der Waals surface area contributed by atoms with Gasteiger partial charge in [0, 0.05) is 12.1 Å². The quantitative estimate of drug-likeness (QED) is 0.520. The lowest BCUT2D eigenvalue weighted by molar-refractivity contribution is 0.242. The van der Waals surface area contributed by atoms with Crippen LogP contribution in [0.25, 0.3) is 5.57 Å². The summed E-state index contributed by atoms with van der Waals surface area (Å²) in [4.78, 5) is 0. The first-order valence-electron chi connectivity index (χ1n) is 10.5.